The Morgan fingerprint density at radius 1 is 0.794 bits per heavy atom. The van der Waals surface area contributed by atoms with Crippen LogP contribution in [0.5, 0.6) is 0 Å². The fourth-order valence-electron chi connectivity index (χ4n) is 4.26. The van der Waals surface area contributed by atoms with Crippen LogP contribution in [0.2, 0.25) is 5.28 Å². The number of nitrogens with one attached hydrogen (secondary N) is 3. The fraction of sp³-hybridized carbons (Fsp3) is 0.185. The Kier molecular flexibility index (Phi) is 16.9. The van der Waals surface area contributed by atoms with Gasteiger partial charge in [-0.3, -0.25) is 18.2 Å². The lowest BCUT2D eigenvalue weighted by Crippen LogP contribution is -2.19. The first-order valence-corrected chi connectivity index (χ1v) is 25.3. The van der Waals surface area contributed by atoms with Crippen molar-refractivity contribution in [2.24, 2.45) is 16.0 Å². The Hall–Kier alpha value is -5.31. The third-order valence-corrected chi connectivity index (χ3v) is 12.8. The van der Waals surface area contributed by atoms with Gasteiger partial charge in [-0.15, -0.1) is 10.2 Å². The summed E-state index contributed by atoms with van der Waals surface area (Å²) in [5, 5.41) is 24.4. The quantitative estimate of drug-likeness (QED) is 0.0297. The second-order valence-electron chi connectivity index (χ2n) is 11.5. The number of hydrogen-bond donors (Lipinski definition) is 9. The summed E-state index contributed by atoms with van der Waals surface area (Å²) in [4.78, 5) is 20.7. The number of primary amides is 1. The van der Waals surface area contributed by atoms with Crippen molar-refractivity contribution < 1.29 is 87.0 Å². The van der Waals surface area contributed by atoms with Crippen molar-refractivity contribution in [1.29, 1.82) is 0 Å². The van der Waals surface area contributed by atoms with Crippen LogP contribution in [0.25, 0.3) is 0 Å². The first-order valence-electron chi connectivity index (χ1n) is 15.9. The van der Waals surface area contributed by atoms with Crippen molar-refractivity contribution in [3.63, 3.8) is 0 Å². The molecule has 0 radical (unpaired) electrons. The minimum Gasteiger partial charge on any atom is -0.506 e. The molecule has 0 saturated carbocycles. The molecule has 0 aliphatic carbocycles. The maximum Gasteiger partial charge on any atom is 0.397 e. The number of benzene rings is 2. The van der Waals surface area contributed by atoms with Crippen LogP contribution >= 0.6 is 11.6 Å². The normalized spacial score (nSPS) is 13.5. The molecule has 36 heteroatoms. The summed E-state index contributed by atoms with van der Waals surface area (Å²) in [6.07, 6.45) is 1.05. The van der Waals surface area contributed by atoms with Crippen molar-refractivity contribution in [3.05, 3.63) is 76.8 Å². The van der Waals surface area contributed by atoms with E-state index in [0.717, 1.165) is 24.3 Å². The number of carbonyl (C=O) groups excluding carboxylic acids is 1. The lowest BCUT2D eigenvalue weighted by molar-refractivity contribution is 0.259. The highest BCUT2D eigenvalue weighted by Crippen LogP contribution is 2.34. The van der Waals surface area contributed by atoms with Crippen molar-refractivity contribution >= 4 is 113 Å². The number of urea groups is 1. The molecule has 0 fully saturated rings. The number of azo groups is 1. The van der Waals surface area contributed by atoms with Crippen LogP contribution in [0.3, 0.4) is 0 Å². The molecular weight excluding hydrogens is 998 g/mol. The number of rotatable bonds is 22. The smallest absolute Gasteiger partial charge is 0.397 e. The number of halogens is 1. The van der Waals surface area contributed by atoms with E-state index in [-0.39, 0.29) is 17.1 Å². The molecule has 0 aliphatic rings. The molecule has 1 heterocycles. The van der Waals surface area contributed by atoms with Crippen LogP contribution in [0.1, 0.15) is 0 Å². The van der Waals surface area contributed by atoms with Gasteiger partial charge < -0.3 is 26.8 Å². The fourth-order valence-corrected chi connectivity index (χ4v) is 8.72. The first-order chi connectivity index (χ1) is 28.7. The van der Waals surface area contributed by atoms with Crippen molar-refractivity contribution in [1.82, 2.24) is 15.0 Å². The van der Waals surface area contributed by atoms with Gasteiger partial charge >= 0.3 is 26.8 Å². The molecule has 63 heavy (non-hydrogen) atoms. The molecule has 0 unspecified atom stereocenters. The minimum atomic E-state index is -5.22. The Bertz CT molecular complexity index is 3070. The second kappa shape index (κ2) is 20.5. The van der Waals surface area contributed by atoms with Crippen LogP contribution < -0.4 is 21.7 Å². The molecule has 0 aliphatic heterocycles. The third-order valence-electron chi connectivity index (χ3n) is 6.82. The Labute approximate surface area is 362 Å². The number of aromatic nitrogens is 3. The maximum absolute atomic E-state index is 13.0. The van der Waals surface area contributed by atoms with E-state index >= 15 is 0 Å². The van der Waals surface area contributed by atoms with Gasteiger partial charge in [-0.2, -0.15) is 48.6 Å². The van der Waals surface area contributed by atoms with Gasteiger partial charge in [0, 0.05) is 5.69 Å². The number of nitrogens with two attached hydrogens (primary N) is 1. The molecule has 29 nitrogen and oxygen atoms in total. The highest BCUT2D eigenvalue weighted by Gasteiger charge is 2.24. The van der Waals surface area contributed by atoms with Gasteiger partial charge in [0.1, 0.15) is 22.0 Å². The predicted octanol–water partition coefficient (Wildman–Crippen LogP) is 1.39. The number of allylic oxidation sites excluding steroid dienone is 1. The highest BCUT2D eigenvalue weighted by atomic mass is 35.5. The van der Waals surface area contributed by atoms with Crippen molar-refractivity contribution in [2.75, 3.05) is 46.4 Å². The molecule has 0 bridgehead atoms. The Morgan fingerprint density at radius 3 is 1.92 bits per heavy atom. The topological polar surface area (TPSA) is 467 Å². The van der Waals surface area contributed by atoms with Gasteiger partial charge in [0.2, 0.25) is 17.2 Å². The van der Waals surface area contributed by atoms with Gasteiger partial charge in [0.25, 0.3) is 20.2 Å². The number of aliphatic hydroxyl groups excluding tert-OH is 1. The Balaban J connectivity index is 1.99. The summed E-state index contributed by atoms with van der Waals surface area (Å²) in [6.45, 7) is 1.04. The molecule has 0 atom stereocenters. The van der Waals surface area contributed by atoms with Crippen LogP contribution in [0.4, 0.5) is 39.4 Å². The summed E-state index contributed by atoms with van der Waals surface area (Å²) in [5.74, 6) is -5.42. The summed E-state index contributed by atoms with van der Waals surface area (Å²) < 4.78 is 186. The van der Waals surface area contributed by atoms with E-state index in [1.54, 1.807) is 0 Å². The van der Waals surface area contributed by atoms with Gasteiger partial charge in [-0.1, -0.05) is 6.58 Å². The number of carbonyl (C=O) groups is 1. The van der Waals surface area contributed by atoms with E-state index in [9.17, 15) is 69.5 Å². The number of anilines is 4. The van der Waals surface area contributed by atoms with Crippen LogP contribution in [0, 0.1) is 0 Å². The van der Waals surface area contributed by atoms with Gasteiger partial charge in [-0.05, 0) is 60.2 Å². The molecule has 2 amide bonds. The number of nitrogens with zero attached hydrogens (tertiary/aromatic N) is 5. The van der Waals surface area contributed by atoms with E-state index in [1.807, 2.05) is 0 Å². The lowest BCUT2D eigenvalue weighted by Gasteiger charge is -2.13. The maximum atomic E-state index is 13.0. The third kappa shape index (κ3) is 17.8. The zero-order valence-corrected chi connectivity index (χ0v) is 36.5. The zero-order valence-electron chi connectivity index (χ0n) is 30.9. The molecular formula is C27H30ClN9O20S6. The van der Waals surface area contributed by atoms with E-state index < -0.39 is 146 Å². The largest absolute Gasteiger partial charge is 0.506 e. The molecule has 10 N–H and O–H groups in total. The summed E-state index contributed by atoms with van der Waals surface area (Å²) >= 11 is 6.03. The second-order valence-corrected chi connectivity index (χ2v) is 21.2. The number of hydrogen-bond acceptors (Lipinski definition) is 23. The van der Waals surface area contributed by atoms with E-state index in [2.05, 4.69) is 56.1 Å². The van der Waals surface area contributed by atoms with Crippen molar-refractivity contribution in [2.45, 2.75) is 9.79 Å². The molecule has 3 rings (SSSR count). The van der Waals surface area contributed by atoms with E-state index in [1.165, 1.54) is 6.07 Å². The van der Waals surface area contributed by atoms with Gasteiger partial charge in [-0.25, -0.2) is 30.0 Å². The highest BCUT2D eigenvalue weighted by molar-refractivity contribution is 7.95. The van der Waals surface area contributed by atoms with E-state index in [4.69, 9.17) is 26.4 Å². The van der Waals surface area contributed by atoms with E-state index in [0.29, 0.717) is 18.2 Å². The molecule has 346 valence electrons. The van der Waals surface area contributed by atoms with Crippen LogP contribution in [-0.4, -0.2) is 125 Å². The Morgan fingerprint density at radius 2 is 1.37 bits per heavy atom. The molecule has 0 saturated heterocycles. The monoisotopic (exact) mass is 1030 g/mol. The first kappa shape index (κ1) is 52.0. The molecule has 0 spiro atoms. The summed E-state index contributed by atoms with van der Waals surface area (Å²) in [6, 6.07) is 4.48. The number of amides is 2. The zero-order chi connectivity index (χ0) is 47.8. The van der Waals surface area contributed by atoms with Crippen LogP contribution in [0.15, 0.2) is 91.5 Å². The molecule has 2 aromatic carbocycles. The summed E-state index contributed by atoms with van der Waals surface area (Å²) in [5.41, 5.74) is 3.51. The number of sulfone groups is 2. The van der Waals surface area contributed by atoms with Gasteiger partial charge in [0.05, 0.1) is 51.7 Å². The lowest BCUT2D eigenvalue weighted by atomic mass is 10.2. The average molecular weight is 1030 g/mol. The number of aliphatic hydroxyl groups is 1. The molecule has 1 aromatic heterocycles. The van der Waals surface area contributed by atoms with Gasteiger partial charge in [0.15, 0.2) is 19.7 Å². The van der Waals surface area contributed by atoms with Crippen LogP contribution in [-0.2, 0) is 69.1 Å². The standard InChI is InChI=1S/C27H30ClN9O20S6/c1-15(38)21(13-18(6-9-60(44,45)46)59(42,43)11-8-57-63(53,54)55)32-27-34-24(28)33-26(35-27)30-16-2-4-19(22(12-16)31-25(29)39)36-37-20-5-3-17(14-23(20)61(47,48)49)58(40,41)10-7-56-62(50,51)52/h2-6,12-14,38H,1,7-11H2,(H3,29,31,39)(H,44,45,46)(H,47,48,49)(H,50,51,52)(H,53,54,55)(H2,30,32,33,34,35)/b18-6+,21-13+,37-36?. The average Bonchev–Trinajstić information content (AvgIpc) is 3.09. The van der Waals surface area contributed by atoms with Crippen molar-refractivity contribution in [3.8, 4) is 0 Å². The molecule has 3 aromatic rings. The minimum absolute atomic E-state index is 0.00745. The SMILES string of the molecule is C=C(O)/C(=C\C(=C/CS(=O)(=O)O)S(=O)(=O)CCOS(=O)(=O)O)Nc1nc(Cl)nc(Nc2ccc(N=Nc3ccc(S(=O)(=O)CCOS(=O)(=O)O)cc3S(=O)(=O)O)c(NC(N)=O)c2)n1. The predicted molar refractivity (Wildman–Crippen MR) is 217 cm³/mol. The summed E-state index contributed by atoms with van der Waals surface area (Å²) in [7, 11) is -29.4.